The molecule has 4 aromatic rings. The predicted octanol–water partition coefficient (Wildman–Crippen LogP) is 5.04. The molecule has 0 N–H and O–H groups in total. The number of fused-ring (bicyclic) bond motifs is 2. The Morgan fingerprint density at radius 2 is 1.83 bits per heavy atom. The van der Waals surface area contributed by atoms with Crippen LogP contribution in [0.15, 0.2) is 69.9 Å². The molecule has 5 rings (SSSR count). The van der Waals surface area contributed by atoms with Crippen LogP contribution in [-0.4, -0.2) is 10.9 Å². The van der Waals surface area contributed by atoms with E-state index in [1.165, 1.54) is 17.0 Å². The number of pyridine rings is 1. The van der Waals surface area contributed by atoms with Gasteiger partial charge in [0.2, 0.25) is 5.76 Å². The molecule has 2 aromatic carbocycles. The number of aryl methyl sites for hydroxylation is 1. The summed E-state index contributed by atoms with van der Waals surface area (Å²) >= 11 is 6.03. The fourth-order valence-electron chi connectivity index (χ4n) is 3.80. The molecule has 5 nitrogen and oxygen atoms in total. The first-order valence-electron chi connectivity index (χ1n) is 9.23. The molecule has 2 aromatic heterocycles. The number of halogens is 2. The van der Waals surface area contributed by atoms with Gasteiger partial charge in [-0.25, -0.2) is 9.37 Å². The summed E-state index contributed by atoms with van der Waals surface area (Å²) in [6, 6.07) is 15.0. The largest absolute Gasteiger partial charge is 0.450 e. The van der Waals surface area contributed by atoms with E-state index in [0.717, 1.165) is 11.8 Å². The Kier molecular flexibility index (Phi) is 4.18. The van der Waals surface area contributed by atoms with E-state index in [0.29, 0.717) is 16.4 Å². The van der Waals surface area contributed by atoms with E-state index in [1.54, 1.807) is 36.4 Å². The SMILES string of the molecule is Cc1cccc(N2C(=O)c3oc4ccc(F)cc4c(=O)c3[C@H]2c2ccc(Cl)cc2)n1. The highest BCUT2D eigenvalue weighted by Crippen LogP contribution is 2.40. The second-order valence-corrected chi connectivity index (χ2v) is 7.52. The molecule has 0 aliphatic carbocycles. The maximum Gasteiger partial charge on any atom is 0.296 e. The zero-order chi connectivity index (χ0) is 21.0. The van der Waals surface area contributed by atoms with Gasteiger partial charge in [0.15, 0.2) is 5.43 Å². The summed E-state index contributed by atoms with van der Waals surface area (Å²) in [5.74, 6) is -0.714. The van der Waals surface area contributed by atoms with E-state index in [1.807, 2.05) is 13.0 Å². The van der Waals surface area contributed by atoms with Crippen LogP contribution in [0.3, 0.4) is 0 Å². The van der Waals surface area contributed by atoms with Crippen molar-refractivity contribution < 1.29 is 13.6 Å². The summed E-state index contributed by atoms with van der Waals surface area (Å²) < 4.78 is 19.6. The van der Waals surface area contributed by atoms with Gasteiger partial charge in [0.25, 0.3) is 5.91 Å². The highest BCUT2D eigenvalue weighted by molar-refractivity contribution is 6.30. The molecule has 0 bridgehead atoms. The molecule has 0 saturated carbocycles. The van der Waals surface area contributed by atoms with Crippen molar-refractivity contribution in [2.45, 2.75) is 13.0 Å². The number of hydrogen-bond donors (Lipinski definition) is 0. The third-order valence-electron chi connectivity index (χ3n) is 5.14. The number of rotatable bonds is 2. The summed E-state index contributed by atoms with van der Waals surface area (Å²) in [6.07, 6.45) is 0. The van der Waals surface area contributed by atoms with Crippen molar-refractivity contribution in [2.75, 3.05) is 4.90 Å². The predicted molar refractivity (Wildman–Crippen MR) is 112 cm³/mol. The maximum atomic E-state index is 13.8. The van der Waals surface area contributed by atoms with Gasteiger partial charge in [0.05, 0.1) is 17.0 Å². The van der Waals surface area contributed by atoms with E-state index >= 15 is 0 Å². The van der Waals surface area contributed by atoms with Crippen LogP contribution >= 0.6 is 11.6 Å². The first kappa shape index (κ1) is 18.5. The number of aromatic nitrogens is 1. The fourth-order valence-corrected chi connectivity index (χ4v) is 3.93. The summed E-state index contributed by atoms with van der Waals surface area (Å²) in [6.45, 7) is 1.81. The van der Waals surface area contributed by atoms with Crippen molar-refractivity contribution in [2.24, 2.45) is 0 Å². The molecule has 1 amide bonds. The Morgan fingerprint density at radius 1 is 1.07 bits per heavy atom. The Hall–Kier alpha value is -3.51. The first-order chi connectivity index (χ1) is 14.4. The van der Waals surface area contributed by atoms with E-state index in [2.05, 4.69) is 4.98 Å². The second-order valence-electron chi connectivity index (χ2n) is 7.08. The van der Waals surface area contributed by atoms with Crippen molar-refractivity contribution in [1.82, 2.24) is 4.98 Å². The number of carbonyl (C=O) groups excluding carboxylic acids is 1. The van der Waals surface area contributed by atoms with Gasteiger partial charge in [-0.2, -0.15) is 0 Å². The van der Waals surface area contributed by atoms with Crippen molar-refractivity contribution >= 4 is 34.3 Å². The Labute approximate surface area is 175 Å². The highest BCUT2D eigenvalue weighted by atomic mass is 35.5. The Balaban J connectivity index is 1.83. The van der Waals surface area contributed by atoms with Gasteiger partial charge in [-0.1, -0.05) is 29.8 Å². The number of hydrogen-bond acceptors (Lipinski definition) is 4. The zero-order valence-electron chi connectivity index (χ0n) is 15.7. The quantitative estimate of drug-likeness (QED) is 0.456. The zero-order valence-corrected chi connectivity index (χ0v) is 16.5. The third kappa shape index (κ3) is 2.80. The Bertz CT molecular complexity index is 1380. The normalized spacial score (nSPS) is 15.6. The molecule has 1 aliphatic rings. The third-order valence-corrected chi connectivity index (χ3v) is 5.39. The minimum absolute atomic E-state index is 0.0673. The van der Waals surface area contributed by atoms with Gasteiger partial charge >= 0.3 is 0 Å². The molecule has 0 fully saturated rings. The molecule has 0 radical (unpaired) electrons. The van der Waals surface area contributed by atoms with Gasteiger partial charge < -0.3 is 4.42 Å². The number of amides is 1. The molecule has 0 unspecified atom stereocenters. The summed E-state index contributed by atoms with van der Waals surface area (Å²) in [7, 11) is 0. The molecular formula is C23H14ClFN2O3. The van der Waals surface area contributed by atoms with Crippen LogP contribution in [-0.2, 0) is 0 Å². The van der Waals surface area contributed by atoms with Gasteiger partial charge in [-0.3, -0.25) is 14.5 Å². The molecule has 0 saturated heterocycles. The summed E-state index contributed by atoms with van der Waals surface area (Å²) in [5.41, 5.74) is 1.25. The highest BCUT2D eigenvalue weighted by Gasteiger charge is 2.44. The average Bonchev–Trinajstić information content (AvgIpc) is 3.02. The smallest absolute Gasteiger partial charge is 0.296 e. The molecule has 148 valence electrons. The molecule has 0 spiro atoms. The van der Waals surface area contributed by atoms with E-state index < -0.39 is 23.2 Å². The number of nitrogens with zero attached hydrogens (tertiary/aromatic N) is 2. The summed E-state index contributed by atoms with van der Waals surface area (Å²) in [5, 5.41) is 0.607. The van der Waals surface area contributed by atoms with Crippen LogP contribution in [0.25, 0.3) is 11.0 Å². The number of benzene rings is 2. The number of carbonyl (C=O) groups is 1. The number of anilines is 1. The summed E-state index contributed by atoms with van der Waals surface area (Å²) in [4.78, 5) is 32.6. The van der Waals surface area contributed by atoms with Crippen molar-refractivity contribution in [3.8, 4) is 0 Å². The van der Waals surface area contributed by atoms with Crippen LogP contribution in [0.4, 0.5) is 10.2 Å². The van der Waals surface area contributed by atoms with Crippen molar-refractivity contribution in [1.29, 1.82) is 0 Å². The van der Waals surface area contributed by atoms with E-state index in [-0.39, 0.29) is 22.3 Å². The van der Waals surface area contributed by atoms with Crippen LogP contribution in [0.5, 0.6) is 0 Å². The Morgan fingerprint density at radius 3 is 2.57 bits per heavy atom. The van der Waals surface area contributed by atoms with Gasteiger partial charge in [-0.05, 0) is 55.0 Å². The van der Waals surface area contributed by atoms with Crippen LogP contribution < -0.4 is 10.3 Å². The standard InChI is InChI=1S/C23H14ClFN2O3/c1-12-3-2-4-18(26-12)27-20(13-5-7-14(24)8-6-13)19-21(28)16-11-15(25)9-10-17(16)30-22(19)23(27)29/h2-11,20H,1H3/t20-/m1/s1. The molecular weight excluding hydrogens is 407 g/mol. The van der Waals surface area contributed by atoms with E-state index in [9.17, 15) is 14.0 Å². The minimum Gasteiger partial charge on any atom is -0.450 e. The van der Waals surface area contributed by atoms with Gasteiger partial charge in [0.1, 0.15) is 17.2 Å². The lowest BCUT2D eigenvalue weighted by molar-refractivity contribution is 0.0970. The molecule has 7 heteroatoms. The average molecular weight is 421 g/mol. The lowest BCUT2D eigenvalue weighted by Crippen LogP contribution is -2.30. The lowest BCUT2D eigenvalue weighted by atomic mass is 9.98. The lowest BCUT2D eigenvalue weighted by Gasteiger charge is -2.24. The van der Waals surface area contributed by atoms with Gasteiger partial charge in [0, 0.05) is 10.7 Å². The first-order valence-corrected chi connectivity index (χ1v) is 9.61. The van der Waals surface area contributed by atoms with Crippen molar-refractivity contribution in [3.63, 3.8) is 0 Å². The second kappa shape index (κ2) is 6.78. The minimum atomic E-state index is -0.775. The van der Waals surface area contributed by atoms with Gasteiger partial charge in [-0.15, -0.1) is 0 Å². The monoisotopic (exact) mass is 420 g/mol. The van der Waals surface area contributed by atoms with E-state index in [4.69, 9.17) is 16.0 Å². The van der Waals surface area contributed by atoms with Crippen LogP contribution in [0.2, 0.25) is 5.02 Å². The topological polar surface area (TPSA) is 63.4 Å². The molecule has 3 heterocycles. The molecule has 1 aliphatic heterocycles. The molecule has 1 atom stereocenters. The fraction of sp³-hybridized carbons (Fsp3) is 0.0870. The maximum absolute atomic E-state index is 13.8. The van der Waals surface area contributed by atoms with Crippen molar-refractivity contribution in [3.05, 3.63) is 104 Å². The van der Waals surface area contributed by atoms with Crippen LogP contribution in [0, 0.1) is 12.7 Å². The van der Waals surface area contributed by atoms with Crippen LogP contribution in [0.1, 0.15) is 33.4 Å². The molecule has 30 heavy (non-hydrogen) atoms.